The van der Waals surface area contributed by atoms with E-state index in [-0.39, 0.29) is 17.8 Å². The maximum atomic E-state index is 13.2. The van der Waals surface area contributed by atoms with Crippen molar-refractivity contribution in [1.82, 2.24) is 15.3 Å². The van der Waals surface area contributed by atoms with Gasteiger partial charge >= 0.3 is 0 Å². The van der Waals surface area contributed by atoms with E-state index in [9.17, 15) is 14.3 Å². The molecule has 166 valence electrons. The van der Waals surface area contributed by atoms with Gasteiger partial charge in [-0.25, -0.2) is 9.37 Å². The van der Waals surface area contributed by atoms with Gasteiger partial charge in [-0.3, -0.25) is 4.79 Å². The number of H-pyrrole nitrogens is 1. The Balaban J connectivity index is 1.28. The molecule has 3 aromatic rings. The number of pyridine rings is 1. The maximum absolute atomic E-state index is 13.2. The van der Waals surface area contributed by atoms with Crippen LogP contribution in [-0.4, -0.2) is 32.6 Å². The van der Waals surface area contributed by atoms with Crippen LogP contribution in [0.15, 0.2) is 42.7 Å². The number of nitrogens with zero attached hydrogens (tertiary/aromatic N) is 1. The number of nitrogens with one attached hydrogen (secondary N) is 3. The highest BCUT2D eigenvalue weighted by Gasteiger charge is 2.54. The second kappa shape index (κ2) is 7.30. The second-order valence-electron chi connectivity index (χ2n) is 9.96. The first kappa shape index (κ1) is 19.7. The van der Waals surface area contributed by atoms with Crippen LogP contribution in [0.3, 0.4) is 0 Å². The fraction of sp³-hybridized carbons (Fsp3) is 0.440. The SMILES string of the molecule is O=C(NCc1ccc(F)cc1)c1cnc2[nH]ccc2c1N[C@H]1C2CC3CC1C[C@@](O)(C3)C2. The molecule has 0 radical (unpaired) electrons. The van der Waals surface area contributed by atoms with Gasteiger partial charge in [0.15, 0.2) is 0 Å². The molecule has 4 bridgehead atoms. The fourth-order valence-electron chi connectivity index (χ4n) is 6.60. The van der Waals surface area contributed by atoms with Crippen LogP contribution in [0, 0.1) is 23.6 Å². The molecule has 4 N–H and O–H groups in total. The lowest BCUT2D eigenvalue weighted by molar-refractivity contribution is -0.129. The van der Waals surface area contributed by atoms with Crippen molar-refractivity contribution in [2.45, 2.75) is 50.3 Å². The van der Waals surface area contributed by atoms with E-state index in [1.807, 2.05) is 12.3 Å². The van der Waals surface area contributed by atoms with E-state index >= 15 is 0 Å². The highest BCUT2D eigenvalue weighted by molar-refractivity contribution is 6.06. The summed E-state index contributed by atoms with van der Waals surface area (Å²) in [6, 6.07) is 8.31. The summed E-state index contributed by atoms with van der Waals surface area (Å²) in [6.07, 6.45) is 8.36. The number of amides is 1. The van der Waals surface area contributed by atoms with Crippen LogP contribution in [0.4, 0.5) is 10.1 Å². The van der Waals surface area contributed by atoms with E-state index in [4.69, 9.17) is 0 Å². The van der Waals surface area contributed by atoms with Crippen LogP contribution in [0.2, 0.25) is 0 Å². The second-order valence-corrected chi connectivity index (χ2v) is 9.96. The van der Waals surface area contributed by atoms with Gasteiger partial charge in [0, 0.05) is 30.4 Å². The van der Waals surface area contributed by atoms with Crippen LogP contribution in [0.25, 0.3) is 11.0 Å². The minimum absolute atomic E-state index is 0.213. The van der Waals surface area contributed by atoms with Crippen molar-refractivity contribution in [3.8, 4) is 0 Å². The molecule has 4 aliphatic rings. The van der Waals surface area contributed by atoms with E-state index in [1.165, 1.54) is 12.1 Å². The molecular weight excluding hydrogens is 407 g/mol. The molecular formula is C25H27FN4O2. The molecule has 2 atom stereocenters. The average molecular weight is 435 g/mol. The smallest absolute Gasteiger partial charge is 0.255 e. The Kier molecular flexibility index (Phi) is 4.50. The maximum Gasteiger partial charge on any atom is 0.255 e. The molecule has 7 rings (SSSR count). The zero-order valence-corrected chi connectivity index (χ0v) is 17.8. The molecule has 4 saturated carbocycles. The Hall–Kier alpha value is -2.93. The van der Waals surface area contributed by atoms with E-state index in [0.29, 0.717) is 29.9 Å². The van der Waals surface area contributed by atoms with E-state index in [2.05, 4.69) is 20.6 Å². The third-order valence-corrected chi connectivity index (χ3v) is 7.75. The summed E-state index contributed by atoms with van der Waals surface area (Å²) in [7, 11) is 0. The number of benzene rings is 1. The summed E-state index contributed by atoms with van der Waals surface area (Å²) in [5.74, 6) is 0.953. The van der Waals surface area contributed by atoms with Gasteiger partial charge < -0.3 is 20.7 Å². The highest BCUT2D eigenvalue weighted by Crippen LogP contribution is 2.56. The summed E-state index contributed by atoms with van der Waals surface area (Å²) in [4.78, 5) is 20.7. The van der Waals surface area contributed by atoms with Crippen molar-refractivity contribution in [3.63, 3.8) is 0 Å². The lowest BCUT2D eigenvalue weighted by Crippen LogP contribution is -2.59. The van der Waals surface area contributed by atoms with Gasteiger partial charge in [0.25, 0.3) is 5.91 Å². The predicted molar refractivity (Wildman–Crippen MR) is 120 cm³/mol. The van der Waals surface area contributed by atoms with Crippen molar-refractivity contribution in [2.24, 2.45) is 17.8 Å². The van der Waals surface area contributed by atoms with E-state index < -0.39 is 5.60 Å². The minimum Gasteiger partial charge on any atom is -0.390 e. The summed E-state index contributed by atoms with van der Waals surface area (Å²) in [6.45, 7) is 0.313. The Bertz CT molecular complexity index is 1160. The third-order valence-electron chi connectivity index (χ3n) is 7.75. The molecule has 4 fully saturated rings. The summed E-state index contributed by atoms with van der Waals surface area (Å²) in [5.41, 5.74) is 2.39. The molecule has 0 spiro atoms. The van der Waals surface area contributed by atoms with Gasteiger partial charge in [-0.2, -0.15) is 0 Å². The van der Waals surface area contributed by atoms with Crippen LogP contribution < -0.4 is 10.6 Å². The number of carbonyl (C=O) groups is 1. The lowest BCUT2D eigenvalue weighted by atomic mass is 9.52. The molecule has 4 aliphatic carbocycles. The highest BCUT2D eigenvalue weighted by atomic mass is 19.1. The molecule has 6 nitrogen and oxygen atoms in total. The number of aliphatic hydroxyl groups is 1. The Morgan fingerprint density at radius 2 is 1.91 bits per heavy atom. The Morgan fingerprint density at radius 3 is 2.62 bits per heavy atom. The van der Waals surface area contributed by atoms with Gasteiger partial charge in [-0.1, -0.05) is 12.1 Å². The topological polar surface area (TPSA) is 90.0 Å². The number of carbonyl (C=O) groups excluding carboxylic acids is 1. The predicted octanol–water partition coefficient (Wildman–Crippen LogP) is 3.98. The van der Waals surface area contributed by atoms with Gasteiger partial charge in [0.1, 0.15) is 11.5 Å². The number of hydrogen-bond donors (Lipinski definition) is 4. The van der Waals surface area contributed by atoms with Gasteiger partial charge in [0.05, 0.1) is 16.9 Å². The van der Waals surface area contributed by atoms with Gasteiger partial charge in [-0.15, -0.1) is 0 Å². The molecule has 0 aliphatic heterocycles. The van der Waals surface area contributed by atoms with Crippen molar-refractivity contribution in [2.75, 3.05) is 5.32 Å². The monoisotopic (exact) mass is 434 g/mol. The van der Waals surface area contributed by atoms with Gasteiger partial charge in [-0.05, 0) is 73.6 Å². The van der Waals surface area contributed by atoms with Crippen LogP contribution in [0.5, 0.6) is 0 Å². The number of aromatic nitrogens is 2. The molecule has 1 amide bonds. The molecule has 7 heteroatoms. The van der Waals surface area contributed by atoms with Crippen molar-refractivity contribution in [1.29, 1.82) is 0 Å². The zero-order valence-electron chi connectivity index (χ0n) is 17.8. The quantitative estimate of drug-likeness (QED) is 0.489. The van der Waals surface area contributed by atoms with Crippen LogP contribution in [0.1, 0.15) is 48.0 Å². The van der Waals surface area contributed by atoms with Gasteiger partial charge in [0.2, 0.25) is 0 Å². The standard InChI is InChI=1S/C25H27FN4O2/c26-18-3-1-14(2-4-18)12-29-24(31)20-13-28-23-19(5-6-27-23)22(20)30-21-16-7-15-8-17(21)11-25(32,9-15)10-16/h1-6,13,15-17,21,32H,7-12H2,(H,29,31)(H2,27,28,30)/t15?,16?,17?,21-,25+. The molecule has 32 heavy (non-hydrogen) atoms. The molecule has 2 unspecified atom stereocenters. The van der Waals surface area contributed by atoms with Crippen molar-refractivity contribution < 1.29 is 14.3 Å². The molecule has 1 aromatic carbocycles. The summed E-state index contributed by atoms with van der Waals surface area (Å²) < 4.78 is 13.2. The van der Waals surface area contributed by atoms with Crippen LogP contribution in [-0.2, 0) is 6.54 Å². The number of anilines is 1. The van der Waals surface area contributed by atoms with Crippen LogP contribution >= 0.6 is 0 Å². The fourth-order valence-corrected chi connectivity index (χ4v) is 6.60. The Morgan fingerprint density at radius 1 is 1.16 bits per heavy atom. The van der Waals surface area contributed by atoms with E-state index in [0.717, 1.165) is 54.4 Å². The zero-order chi connectivity index (χ0) is 21.9. The minimum atomic E-state index is -0.494. The number of halogens is 1. The number of aromatic amines is 1. The number of hydrogen-bond acceptors (Lipinski definition) is 4. The van der Waals surface area contributed by atoms with Crippen molar-refractivity contribution >= 4 is 22.6 Å². The number of fused-ring (bicyclic) bond motifs is 1. The normalized spacial score (nSPS) is 30.6. The van der Waals surface area contributed by atoms with Crippen molar-refractivity contribution in [3.05, 3.63) is 59.7 Å². The largest absolute Gasteiger partial charge is 0.390 e. The lowest BCUT2D eigenvalue weighted by Gasteiger charge is -2.58. The average Bonchev–Trinajstić information content (AvgIpc) is 3.24. The molecule has 2 aromatic heterocycles. The Labute approximate surface area is 185 Å². The first-order valence-corrected chi connectivity index (χ1v) is 11.5. The molecule has 2 heterocycles. The molecule has 0 saturated heterocycles. The summed E-state index contributed by atoms with van der Waals surface area (Å²) in [5, 5.41) is 18.5. The summed E-state index contributed by atoms with van der Waals surface area (Å²) >= 11 is 0. The first-order chi connectivity index (χ1) is 15.5. The van der Waals surface area contributed by atoms with E-state index in [1.54, 1.807) is 18.3 Å². The number of rotatable bonds is 5. The first-order valence-electron chi connectivity index (χ1n) is 11.5. The third kappa shape index (κ3) is 3.35.